The van der Waals surface area contributed by atoms with E-state index in [1.165, 1.54) is 18.2 Å². The Kier molecular flexibility index (Phi) is 4.38. The van der Waals surface area contributed by atoms with Crippen LogP contribution in [0.5, 0.6) is 0 Å². The number of hydrogen-bond acceptors (Lipinski definition) is 4. The predicted molar refractivity (Wildman–Crippen MR) is 66.3 cm³/mol. The molecule has 18 heavy (non-hydrogen) atoms. The van der Waals surface area contributed by atoms with E-state index in [-0.39, 0.29) is 17.9 Å². The summed E-state index contributed by atoms with van der Waals surface area (Å²) in [6.45, 7) is 3.43. The van der Waals surface area contributed by atoms with Crippen molar-refractivity contribution in [1.82, 2.24) is 5.32 Å². The summed E-state index contributed by atoms with van der Waals surface area (Å²) in [6.07, 6.45) is 0.374. The largest absolute Gasteiger partial charge is 0.396 e. The van der Waals surface area contributed by atoms with Crippen molar-refractivity contribution in [1.29, 1.82) is 0 Å². The zero-order valence-electron chi connectivity index (χ0n) is 10.3. The Morgan fingerprint density at radius 3 is 2.61 bits per heavy atom. The van der Waals surface area contributed by atoms with Crippen molar-refractivity contribution in [2.24, 2.45) is 0 Å². The van der Waals surface area contributed by atoms with E-state index >= 15 is 0 Å². The third-order valence-electron chi connectivity index (χ3n) is 2.53. The van der Waals surface area contributed by atoms with Crippen LogP contribution in [0, 0.1) is 10.1 Å². The lowest BCUT2D eigenvalue weighted by Crippen LogP contribution is -2.44. The molecule has 0 aliphatic carbocycles. The molecule has 1 aromatic carbocycles. The molecule has 6 nitrogen and oxygen atoms in total. The van der Waals surface area contributed by atoms with Crippen LogP contribution in [-0.2, 0) is 0 Å². The Morgan fingerprint density at radius 2 is 2.06 bits per heavy atom. The quantitative estimate of drug-likeness (QED) is 0.613. The van der Waals surface area contributed by atoms with Crippen LogP contribution in [0.4, 0.5) is 5.69 Å². The molecule has 0 fully saturated rings. The van der Waals surface area contributed by atoms with Gasteiger partial charge in [0.05, 0.1) is 4.92 Å². The Bertz CT molecular complexity index is 457. The van der Waals surface area contributed by atoms with Gasteiger partial charge in [-0.1, -0.05) is 12.1 Å². The maximum Gasteiger partial charge on any atom is 0.282 e. The number of para-hydroxylation sites is 1. The summed E-state index contributed by atoms with van der Waals surface area (Å²) in [6, 6.07) is 5.77. The van der Waals surface area contributed by atoms with Gasteiger partial charge in [0.15, 0.2) is 0 Å². The number of nitrogens with one attached hydrogen (secondary N) is 1. The summed E-state index contributed by atoms with van der Waals surface area (Å²) in [5, 5.41) is 22.3. The summed E-state index contributed by atoms with van der Waals surface area (Å²) in [5.41, 5.74) is -0.821. The maximum atomic E-state index is 12.0. The van der Waals surface area contributed by atoms with Gasteiger partial charge in [0.25, 0.3) is 11.6 Å². The number of nitrogens with zero attached hydrogens (tertiary/aromatic N) is 1. The molecule has 0 atom stereocenters. The molecule has 6 heteroatoms. The van der Waals surface area contributed by atoms with Crippen molar-refractivity contribution >= 4 is 11.6 Å². The molecule has 1 rings (SSSR count). The third-order valence-corrected chi connectivity index (χ3v) is 2.53. The Labute approximate surface area is 105 Å². The van der Waals surface area contributed by atoms with Crippen LogP contribution < -0.4 is 5.32 Å². The second-order valence-corrected chi connectivity index (χ2v) is 4.59. The Balaban J connectivity index is 2.95. The van der Waals surface area contributed by atoms with Crippen LogP contribution in [-0.4, -0.2) is 28.1 Å². The highest BCUT2D eigenvalue weighted by Crippen LogP contribution is 2.19. The number of aliphatic hydroxyl groups excluding tert-OH is 1. The van der Waals surface area contributed by atoms with Crippen LogP contribution in [0.2, 0.25) is 0 Å². The normalized spacial score (nSPS) is 11.1. The molecule has 0 unspecified atom stereocenters. The summed E-state index contributed by atoms with van der Waals surface area (Å²) in [5.74, 6) is -0.513. The van der Waals surface area contributed by atoms with Gasteiger partial charge in [-0.2, -0.15) is 0 Å². The summed E-state index contributed by atoms with van der Waals surface area (Å²) in [7, 11) is 0. The molecule has 2 N–H and O–H groups in total. The number of carbonyl (C=O) groups excluding carboxylic acids is 1. The first-order chi connectivity index (χ1) is 8.37. The van der Waals surface area contributed by atoms with E-state index in [0.717, 1.165) is 0 Å². The van der Waals surface area contributed by atoms with Crippen LogP contribution >= 0.6 is 0 Å². The van der Waals surface area contributed by atoms with Crippen LogP contribution in [0.1, 0.15) is 30.6 Å². The van der Waals surface area contributed by atoms with Gasteiger partial charge in [-0.25, -0.2) is 0 Å². The molecular formula is C12H16N2O4. The SMILES string of the molecule is CC(C)(CCO)NC(=O)c1ccccc1[N+](=O)[O-]. The minimum absolute atomic E-state index is 0.0218. The fourth-order valence-electron chi connectivity index (χ4n) is 1.54. The van der Waals surface area contributed by atoms with Gasteiger partial charge in [0.2, 0.25) is 0 Å². The number of amides is 1. The second kappa shape index (κ2) is 5.59. The van der Waals surface area contributed by atoms with Crippen molar-refractivity contribution in [3.05, 3.63) is 39.9 Å². The number of nitro benzene ring substituents is 1. The van der Waals surface area contributed by atoms with Crippen molar-refractivity contribution in [2.75, 3.05) is 6.61 Å². The zero-order valence-corrected chi connectivity index (χ0v) is 10.3. The van der Waals surface area contributed by atoms with Crippen molar-refractivity contribution in [3.63, 3.8) is 0 Å². The fraction of sp³-hybridized carbons (Fsp3) is 0.417. The lowest BCUT2D eigenvalue weighted by atomic mass is 10.0. The molecular weight excluding hydrogens is 236 g/mol. The van der Waals surface area contributed by atoms with E-state index in [9.17, 15) is 14.9 Å². The lowest BCUT2D eigenvalue weighted by Gasteiger charge is -2.25. The molecule has 0 spiro atoms. The minimum atomic E-state index is -0.616. The summed E-state index contributed by atoms with van der Waals surface area (Å²) < 4.78 is 0. The monoisotopic (exact) mass is 252 g/mol. The van der Waals surface area contributed by atoms with E-state index in [1.54, 1.807) is 19.9 Å². The number of hydrogen-bond donors (Lipinski definition) is 2. The Hall–Kier alpha value is -1.95. The van der Waals surface area contributed by atoms with Crippen LogP contribution in [0.15, 0.2) is 24.3 Å². The predicted octanol–water partition coefficient (Wildman–Crippen LogP) is 1.49. The molecule has 0 aliphatic heterocycles. The summed E-state index contributed by atoms with van der Waals surface area (Å²) >= 11 is 0. The number of nitro groups is 1. The molecule has 0 saturated carbocycles. The van der Waals surface area contributed by atoms with Gasteiger partial charge in [0, 0.05) is 18.2 Å². The zero-order chi connectivity index (χ0) is 13.8. The van der Waals surface area contributed by atoms with Crippen LogP contribution in [0.3, 0.4) is 0 Å². The topological polar surface area (TPSA) is 92.5 Å². The van der Waals surface area contributed by atoms with Gasteiger partial charge in [-0.3, -0.25) is 14.9 Å². The highest BCUT2D eigenvalue weighted by Gasteiger charge is 2.25. The van der Waals surface area contributed by atoms with Gasteiger partial charge in [0.1, 0.15) is 5.56 Å². The van der Waals surface area contributed by atoms with Crippen LogP contribution in [0.25, 0.3) is 0 Å². The highest BCUT2D eigenvalue weighted by molar-refractivity contribution is 5.98. The number of rotatable bonds is 5. The molecule has 0 saturated heterocycles. The van der Waals surface area contributed by atoms with Crippen molar-refractivity contribution in [2.45, 2.75) is 25.8 Å². The Morgan fingerprint density at radius 1 is 1.44 bits per heavy atom. The van der Waals surface area contributed by atoms with E-state index in [4.69, 9.17) is 5.11 Å². The van der Waals surface area contributed by atoms with E-state index in [1.807, 2.05) is 0 Å². The van der Waals surface area contributed by atoms with E-state index in [2.05, 4.69) is 5.32 Å². The lowest BCUT2D eigenvalue weighted by molar-refractivity contribution is -0.385. The number of aliphatic hydroxyl groups is 1. The fourth-order valence-corrected chi connectivity index (χ4v) is 1.54. The minimum Gasteiger partial charge on any atom is -0.396 e. The van der Waals surface area contributed by atoms with Crippen molar-refractivity contribution < 1.29 is 14.8 Å². The number of carbonyl (C=O) groups is 1. The van der Waals surface area contributed by atoms with Crippen molar-refractivity contribution in [3.8, 4) is 0 Å². The maximum absolute atomic E-state index is 12.0. The van der Waals surface area contributed by atoms with Gasteiger partial charge in [-0.15, -0.1) is 0 Å². The molecule has 0 aromatic heterocycles. The highest BCUT2D eigenvalue weighted by atomic mass is 16.6. The molecule has 1 amide bonds. The molecule has 1 aromatic rings. The first-order valence-electron chi connectivity index (χ1n) is 5.54. The summed E-state index contributed by atoms with van der Waals surface area (Å²) in [4.78, 5) is 22.2. The molecule has 0 radical (unpaired) electrons. The molecule has 0 bridgehead atoms. The molecule has 98 valence electrons. The molecule has 0 aliphatic rings. The standard InChI is InChI=1S/C12H16N2O4/c1-12(2,7-8-15)13-11(16)9-5-3-4-6-10(9)14(17)18/h3-6,15H,7-8H2,1-2H3,(H,13,16). The van der Waals surface area contributed by atoms with E-state index < -0.39 is 16.4 Å². The second-order valence-electron chi connectivity index (χ2n) is 4.59. The first kappa shape index (κ1) is 14.1. The average Bonchev–Trinajstić information content (AvgIpc) is 2.28. The van der Waals surface area contributed by atoms with E-state index in [0.29, 0.717) is 6.42 Å². The average molecular weight is 252 g/mol. The third kappa shape index (κ3) is 3.53. The first-order valence-corrected chi connectivity index (χ1v) is 5.54. The molecule has 0 heterocycles. The number of benzene rings is 1. The smallest absolute Gasteiger partial charge is 0.282 e. The van der Waals surface area contributed by atoms with Gasteiger partial charge >= 0.3 is 0 Å². The van der Waals surface area contributed by atoms with Gasteiger partial charge < -0.3 is 10.4 Å². The van der Waals surface area contributed by atoms with Gasteiger partial charge in [-0.05, 0) is 26.3 Å².